The van der Waals surface area contributed by atoms with Crippen molar-refractivity contribution in [1.29, 1.82) is 5.26 Å². The first-order valence-corrected chi connectivity index (χ1v) is 9.03. The molecule has 0 saturated carbocycles. The Morgan fingerprint density at radius 3 is 2.63 bits per heavy atom. The first-order chi connectivity index (χ1) is 14.4. The Balaban J connectivity index is 1.70. The molecule has 0 fully saturated rings. The molecule has 0 aliphatic rings. The molecule has 1 aromatic carbocycles. The van der Waals surface area contributed by atoms with E-state index in [0.717, 1.165) is 12.1 Å². The van der Waals surface area contributed by atoms with Crippen molar-refractivity contribution in [1.82, 2.24) is 20.3 Å². The van der Waals surface area contributed by atoms with Gasteiger partial charge < -0.3 is 10.3 Å². The largest absolute Gasteiger partial charge is 0.337 e. The number of aryl methyl sites for hydroxylation is 1. The lowest BCUT2D eigenvalue weighted by Crippen LogP contribution is -2.29. The fraction of sp³-hybridized carbons (Fsp3) is 0.190. The molecular formula is C21H17F2N5O2. The Bertz CT molecular complexity index is 1170. The summed E-state index contributed by atoms with van der Waals surface area (Å²) in [4.78, 5) is 35.7. The Morgan fingerprint density at radius 1 is 1.27 bits per heavy atom. The third-order valence-electron chi connectivity index (χ3n) is 4.49. The molecule has 0 bridgehead atoms. The zero-order chi connectivity index (χ0) is 21.7. The maximum absolute atomic E-state index is 13.9. The predicted octanol–water partition coefficient (Wildman–Crippen LogP) is 2.73. The SMILES string of the molecule is Cc1nc(-c2ccncc2)[nH]c(=O)c1CCC(=O)NC(C#N)c1ccc(F)cc1F. The van der Waals surface area contributed by atoms with E-state index in [1.165, 1.54) is 0 Å². The molecule has 0 aliphatic heterocycles. The average molecular weight is 409 g/mol. The second kappa shape index (κ2) is 9.05. The van der Waals surface area contributed by atoms with Gasteiger partial charge >= 0.3 is 0 Å². The van der Waals surface area contributed by atoms with Crippen molar-refractivity contribution in [2.45, 2.75) is 25.8 Å². The summed E-state index contributed by atoms with van der Waals surface area (Å²) in [6, 6.07) is 6.68. The summed E-state index contributed by atoms with van der Waals surface area (Å²) >= 11 is 0. The zero-order valence-electron chi connectivity index (χ0n) is 15.9. The van der Waals surface area contributed by atoms with Crippen LogP contribution in [0.25, 0.3) is 11.4 Å². The highest BCUT2D eigenvalue weighted by Crippen LogP contribution is 2.18. The number of aromatic amines is 1. The lowest BCUT2D eigenvalue weighted by molar-refractivity contribution is -0.121. The molecule has 30 heavy (non-hydrogen) atoms. The first kappa shape index (κ1) is 20.8. The summed E-state index contributed by atoms with van der Waals surface area (Å²) in [6.45, 7) is 1.67. The van der Waals surface area contributed by atoms with Gasteiger partial charge in [-0.05, 0) is 31.5 Å². The van der Waals surface area contributed by atoms with E-state index in [1.54, 1.807) is 37.5 Å². The topological polar surface area (TPSA) is 112 Å². The van der Waals surface area contributed by atoms with Crippen LogP contribution in [0.5, 0.6) is 0 Å². The summed E-state index contributed by atoms with van der Waals surface area (Å²) in [5.74, 6) is -1.87. The molecule has 0 aliphatic carbocycles. The summed E-state index contributed by atoms with van der Waals surface area (Å²) < 4.78 is 26.9. The maximum Gasteiger partial charge on any atom is 0.254 e. The van der Waals surface area contributed by atoms with Crippen molar-refractivity contribution in [3.05, 3.63) is 81.5 Å². The number of nitriles is 1. The van der Waals surface area contributed by atoms with Gasteiger partial charge in [0.05, 0.1) is 6.07 Å². The zero-order valence-corrected chi connectivity index (χ0v) is 15.9. The van der Waals surface area contributed by atoms with E-state index in [2.05, 4.69) is 20.3 Å². The number of H-pyrrole nitrogens is 1. The molecule has 0 saturated heterocycles. The number of benzene rings is 1. The van der Waals surface area contributed by atoms with Crippen LogP contribution < -0.4 is 10.9 Å². The van der Waals surface area contributed by atoms with Crippen molar-refractivity contribution in [2.75, 3.05) is 0 Å². The number of halogens is 2. The molecule has 1 atom stereocenters. The minimum atomic E-state index is -1.27. The van der Waals surface area contributed by atoms with Crippen LogP contribution in [0, 0.1) is 29.9 Å². The number of hydrogen-bond donors (Lipinski definition) is 2. The van der Waals surface area contributed by atoms with Crippen LogP contribution in [-0.4, -0.2) is 20.9 Å². The van der Waals surface area contributed by atoms with Crippen molar-refractivity contribution in [2.24, 2.45) is 0 Å². The van der Waals surface area contributed by atoms with Crippen LogP contribution >= 0.6 is 0 Å². The summed E-state index contributed by atoms with van der Waals surface area (Å²) in [7, 11) is 0. The third-order valence-corrected chi connectivity index (χ3v) is 4.49. The molecule has 3 rings (SSSR count). The second-order valence-corrected chi connectivity index (χ2v) is 6.51. The fourth-order valence-corrected chi connectivity index (χ4v) is 2.94. The highest BCUT2D eigenvalue weighted by atomic mass is 19.1. The highest BCUT2D eigenvalue weighted by Gasteiger charge is 2.19. The summed E-state index contributed by atoms with van der Waals surface area (Å²) in [5.41, 5.74) is 1.00. The summed E-state index contributed by atoms with van der Waals surface area (Å²) in [6.07, 6.45) is 3.14. The van der Waals surface area contributed by atoms with Crippen LogP contribution in [0.1, 0.15) is 29.3 Å². The monoisotopic (exact) mass is 409 g/mol. The summed E-state index contributed by atoms with van der Waals surface area (Å²) in [5, 5.41) is 11.6. The number of hydrogen-bond acceptors (Lipinski definition) is 5. The first-order valence-electron chi connectivity index (χ1n) is 9.03. The molecule has 0 radical (unpaired) electrons. The van der Waals surface area contributed by atoms with Gasteiger partial charge in [0, 0.05) is 47.3 Å². The quantitative estimate of drug-likeness (QED) is 0.650. The number of nitrogens with zero attached hydrogens (tertiary/aromatic N) is 3. The van der Waals surface area contributed by atoms with E-state index in [-0.39, 0.29) is 24.0 Å². The molecule has 1 amide bonds. The van der Waals surface area contributed by atoms with Crippen molar-refractivity contribution >= 4 is 5.91 Å². The van der Waals surface area contributed by atoms with Crippen molar-refractivity contribution in [3.63, 3.8) is 0 Å². The smallest absolute Gasteiger partial charge is 0.254 e. The van der Waals surface area contributed by atoms with Gasteiger partial charge in [-0.2, -0.15) is 5.26 Å². The third kappa shape index (κ3) is 4.72. The van der Waals surface area contributed by atoms with Gasteiger partial charge in [0.25, 0.3) is 5.56 Å². The van der Waals surface area contributed by atoms with Gasteiger partial charge in [0.1, 0.15) is 23.5 Å². The van der Waals surface area contributed by atoms with Gasteiger partial charge in [-0.15, -0.1) is 0 Å². The molecule has 2 heterocycles. The number of aromatic nitrogens is 3. The molecule has 1 unspecified atom stereocenters. The van der Waals surface area contributed by atoms with Gasteiger partial charge in [0.15, 0.2) is 0 Å². The average Bonchev–Trinajstić information content (AvgIpc) is 2.72. The minimum absolute atomic E-state index is 0.0840. The Morgan fingerprint density at radius 2 is 2.00 bits per heavy atom. The lowest BCUT2D eigenvalue weighted by Gasteiger charge is -2.13. The molecule has 152 valence electrons. The van der Waals surface area contributed by atoms with Gasteiger partial charge in [-0.25, -0.2) is 13.8 Å². The van der Waals surface area contributed by atoms with Gasteiger partial charge in [-0.1, -0.05) is 6.07 Å². The number of carbonyl (C=O) groups is 1. The molecule has 2 N–H and O–H groups in total. The van der Waals surface area contributed by atoms with Crippen LogP contribution in [-0.2, 0) is 11.2 Å². The van der Waals surface area contributed by atoms with Crippen molar-refractivity contribution < 1.29 is 13.6 Å². The fourth-order valence-electron chi connectivity index (χ4n) is 2.94. The van der Waals surface area contributed by atoms with Crippen LogP contribution in [0.2, 0.25) is 0 Å². The van der Waals surface area contributed by atoms with E-state index in [4.69, 9.17) is 0 Å². The maximum atomic E-state index is 13.9. The molecule has 0 spiro atoms. The Hall–Kier alpha value is -3.93. The van der Waals surface area contributed by atoms with E-state index < -0.39 is 23.6 Å². The molecule has 3 aromatic rings. The number of pyridine rings is 1. The molecule has 9 heteroatoms. The van der Waals surface area contributed by atoms with E-state index >= 15 is 0 Å². The number of amides is 1. The normalized spacial score (nSPS) is 11.5. The molecule has 2 aromatic heterocycles. The highest BCUT2D eigenvalue weighted by molar-refractivity contribution is 5.77. The van der Waals surface area contributed by atoms with Crippen LogP contribution in [0.15, 0.2) is 47.5 Å². The van der Waals surface area contributed by atoms with E-state index in [0.29, 0.717) is 28.7 Å². The molecular weight excluding hydrogens is 392 g/mol. The van der Waals surface area contributed by atoms with Gasteiger partial charge in [0.2, 0.25) is 5.91 Å². The Kier molecular flexibility index (Phi) is 6.27. The number of carbonyl (C=O) groups excluding carboxylic acids is 1. The van der Waals surface area contributed by atoms with E-state index in [9.17, 15) is 23.6 Å². The minimum Gasteiger partial charge on any atom is -0.337 e. The van der Waals surface area contributed by atoms with Gasteiger partial charge in [-0.3, -0.25) is 14.6 Å². The van der Waals surface area contributed by atoms with Crippen molar-refractivity contribution in [3.8, 4) is 17.5 Å². The Labute approximate surface area is 170 Å². The van der Waals surface area contributed by atoms with Crippen LogP contribution in [0.4, 0.5) is 8.78 Å². The second-order valence-electron chi connectivity index (χ2n) is 6.51. The molecule has 7 nitrogen and oxygen atoms in total. The number of rotatable bonds is 6. The number of nitrogens with one attached hydrogen (secondary N) is 2. The lowest BCUT2D eigenvalue weighted by atomic mass is 10.1. The van der Waals surface area contributed by atoms with Crippen LogP contribution in [0.3, 0.4) is 0 Å². The standard InChI is InChI=1S/C21H17F2N5O2/c1-12-15(21(30)28-20(26-12)13-6-8-25-9-7-13)4-5-19(29)27-18(11-24)16-3-2-14(22)10-17(16)23/h2-3,6-10,18H,4-5H2,1H3,(H,27,29)(H,26,28,30). The predicted molar refractivity (Wildman–Crippen MR) is 104 cm³/mol. The van der Waals surface area contributed by atoms with E-state index in [1.807, 2.05) is 0 Å².